The summed E-state index contributed by atoms with van der Waals surface area (Å²) in [5, 5.41) is 6.08. The van der Waals surface area contributed by atoms with Crippen LogP contribution < -0.4 is 10.7 Å². The zero-order chi connectivity index (χ0) is 19.7. The van der Waals surface area contributed by atoms with Crippen molar-refractivity contribution in [2.45, 2.75) is 44.8 Å². The Balaban J connectivity index is 1.58. The van der Waals surface area contributed by atoms with E-state index < -0.39 is 11.9 Å². The Kier molecular flexibility index (Phi) is 4.86. The molecule has 6 nitrogen and oxygen atoms in total. The largest absolute Gasteiger partial charge is 0.368 e. The van der Waals surface area contributed by atoms with Gasteiger partial charge < -0.3 is 10.6 Å². The maximum atomic E-state index is 13.3. The van der Waals surface area contributed by atoms with E-state index in [0.29, 0.717) is 12.3 Å². The fourth-order valence-corrected chi connectivity index (χ4v) is 3.49. The highest BCUT2D eigenvalue weighted by Crippen LogP contribution is 2.31. The van der Waals surface area contributed by atoms with Crippen LogP contribution in [0.15, 0.2) is 59.7 Å². The molecular formula is C22H24N4O2. The van der Waals surface area contributed by atoms with E-state index in [2.05, 4.69) is 29.4 Å². The third kappa shape index (κ3) is 3.76. The summed E-state index contributed by atoms with van der Waals surface area (Å²) >= 11 is 0. The third-order valence-electron chi connectivity index (χ3n) is 5.23. The van der Waals surface area contributed by atoms with E-state index in [9.17, 15) is 9.59 Å². The number of hydrogen-bond acceptors (Lipinski definition) is 4. The minimum absolute atomic E-state index is 0.104. The van der Waals surface area contributed by atoms with Gasteiger partial charge in [-0.3, -0.25) is 14.6 Å². The number of nitrogens with zero attached hydrogens (tertiary/aromatic N) is 3. The second-order valence-corrected chi connectivity index (χ2v) is 7.50. The van der Waals surface area contributed by atoms with Gasteiger partial charge in [-0.05, 0) is 37.5 Å². The lowest BCUT2D eigenvalue weighted by molar-refractivity contribution is -0.125. The Morgan fingerprint density at radius 1 is 1.11 bits per heavy atom. The predicted octanol–water partition coefficient (Wildman–Crippen LogP) is 2.61. The van der Waals surface area contributed by atoms with Crippen LogP contribution in [0.3, 0.4) is 0 Å². The zero-order valence-corrected chi connectivity index (χ0v) is 15.9. The number of hydrazone groups is 1. The van der Waals surface area contributed by atoms with Gasteiger partial charge in [0.05, 0.1) is 5.69 Å². The number of anilines is 1. The van der Waals surface area contributed by atoms with Crippen molar-refractivity contribution in [1.82, 2.24) is 4.90 Å². The molecule has 1 heterocycles. The van der Waals surface area contributed by atoms with E-state index in [-0.39, 0.29) is 18.4 Å². The standard InChI is InChI=1S/C22H24N4O2/c1-15-7-9-16(10-8-15)14-25(17-11-12-17)22(28)19-13-20(21(23)27)26(24-19)18-5-3-2-4-6-18/h2-10,17,20H,11-14H2,1H3,(H2,23,27)/t20-/m0/s1. The second kappa shape index (κ2) is 7.46. The summed E-state index contributed by atoms with van der Waals surface area (Å²) in [6, 6.07) is 17.2. The van der Waals surface area contributed by atoms with E-state index in [0.717, 1.165) is 24.1 Å². The van der Waals surface area contributed by atoms with Crippen molar-refractivity contribution in [1.29, 1.82) is 0 Å². The maximum absolute atomic E-state index is 13.3. The van der Waals surface area contributed by atoms with Crippen molar-refractivity contribution < 1.29 is 9.59 Å². The topological polar surface area (TPSA) is 79.0 Å². The Bertz CT molecular complexity index is 904. The van der Waals surface area contributed by atoms with Crippen LogP contribution in [-0.2, 0) is 16.1 Å². The van der Waals surface area contributed by atoms with Gasteiger partial charge in [0.1, 0.15) is 11.8 Å². The van der Waals surface area contributed by atoms with Crippen LogP contribution in [0.25, 0.3) is 0 Å². The van der Waals surface area contributed by atoms with Gasteiger partial charge in [-0.15, -0.1) is 0 Å². The first kappa shape index (κ1) is 18.2. The molecule has 1 aliphatic heterocycles. The van der Waals surface area contributed by atoms with Crippen LogP contribution in [0.4, 0.5) is 5.69 Å². The molecule has 0 spiro atoms. The molecule has 144 valence electrons. The molecule has 0 saturated heterocycles. The number of hydrogen-bond donors (Lipinski definition) is 1. The molecule has 0 unspecified atom stereocenters. The van der Waals surface area contributed by atoms with E-state index in [1.807, 2.05) is 42.2 Å². The van der Waals surface area contributed by atoms with Crippen molar-refractivity contribution in [2.24, 2.45) is 10.8 Å². The first-order valence-electron chi connectivity index (χ1n) is 9.60. The quantitative estimate of drug-likeness (QED) is 0.842. The average Bonchev–Trinajstić information content (AvgIpc) is 3.44. The van der Waals surface area contributed by atoms with Crippen LogP contribution in [0.1, 0.15) is 30.4 Å². The van der Waals surface area contributed by atoms with Crippen molar-refractivity contribution in [3.8, 4) is 0 Å². The van der Waals surface area contributed by atoms with Crippen LogP contribution >= 0.6 is 0 Å². The number of benzene rings is 2. The molecule has 2 aromatic carbocycles. The monoisotopic (exact) mass is 376 g/mol. The molecule has 2 aliphatic rings. The van der Waals surface area contributed by atoms with E-state index in [1.54, 1.807) is 5.01 Å². The van der Waals surface area contributed by atoms with Gasteiger partial charge in [0.25, 0.3) is 5.91 Å². The molecule has 1 aliphatic carbocycles. The van der Waals surface area contributed by atoms with Crippen molar-refractivity contribution >= 4 is 23.2 Å². The minimum Gasteiger partial charge on any atom is -0.368 e. The Morgan fingerprint density at radius 2 is 1.79 bits per heavy atom. The second-order valence-electron chi connectivity index (χ2n) is 7.50. The molecule has 2 aromatic rings. The van der Waals surface area contributed by atoms with Crippen molar-refractivity contribution in [2.75, 3.05) is 5.01 Å². The minimum atomic E-state index is -0.637. The van der Waals surface area contributed by atoms with Crippen molar-refractivity contribution in [3.05, 3.63) is 65.7 Å². The van der Waals surface area contributed by atoms with E-state index in [1.165, 1.54) is 5.56 Å². The molecule has 1 atom stereocenters. The summed E-state index contributed by atoms with van der Waals surface area (Å²) in [4.78, 5) is 27.1. The molecule has 2 amide bonds. The molecule has 1 saturated carbocycles. The average molecular weight is 376 g/mol. The van der Waals surface area contributed by atoms with Gasteiger partial charge in [0.2, 0.25) is 5.91 Å². The molecule has 0 bridgehead atoms. The van der Waals surface area contributed by atoms with Gasteiger partial charge in [-0.1, -0.05) is 48.0 Å². The fourth-order valence-electron chi connectivity index (χ4n) is 3.49. The Labute approximate surface area is 164 Å². The lowest BCUT2D eigenvalue weighted by atomic mass is 10.1. The lowest BCUT2D eigenvalue weighted by Gasteiger charge is -2.22. The van der Waals surface area contributed by atoms with Gasteiger partial charge >= 0.3 is 0 Å². The number of rotatable bonds is 6. The van der Waals surface area contributed by atoms with Gasteiger partial charge in [-0.25, -0.2) is 0 Å². The van der Waals surface area contributed by atoms with E-state index in [4.69, 9.17) is 5.73 Å². The highest BCUT2D eigenvalue weighted by molar-refractivity contribution is 6.40. The van der Waals surface area contributed by atoms with E-state index >= 15 is 0 Å². The maximum Gasteiger partial charge on any atom is 0.270 e. The number of carbonyl (C=O) groups is 2. The summed E-state index contributed by atoms with van der Waals surface area (Å²) in [6.45, 7) is 2.60. The molecule has 2 N–H and O–H groups in total. The SMILES string of the molecule is Cc1ccc(CN(C(=O)C2=NN(c3ccccc3)[C@H](C(N)=O)C2)C2CC2)cc1. The lowest BCUT2D eigenvalue weighted by Crippen LogP contribution is -2.40. The highest BCUT2D eigenvalue weighted by atomic mass is 16.2. The summed E-state index contributed by atoms with van der Waals surface area (Å²) < 4.78 is 0. The Morgan fingerprint density at radius 3 is 2.39 bits per heavy atom. The fraction of sp³-hybridized carbons (Fsp3) is 0.318. The number of aryl methyl sites for hydroxylation is 1. The van der Waals surface area contributed by atoms with Crippen LogP contribution in [0, 0.1) is 6.92 Å². The molecule has 0 aromatic heterocycles. The number of primary amides is 1. The summed E-state index contributed by atoms with van der Waals surface area (Å²) in [5.74, 6) is -0.584. The Hall–Kier alpha value is -3.15. The number of para-hydroxylation sites is 1. The molecular weight excluding hydrogens is 352 g/mol. The molecule has 4 rings (SSSR count). The van der Waals surface area contributed by atoms with Crippen LogP contribution in [0.5, 0.6) is 0 Å². The molecule has 1 fully saturated rings. The van der Waals surface area contributed by atoms with Crippen LogP contribution in [0.2, 0.25) is 0 Å². The van der Waals surface area contributed by atoms with Crippen LogP contribution in [-0.4, -0.2) is 34.5 Å². The first-order valence-corrected chi connectivity index (χ1v) is 9.60. The third-order valence-corrected chi connectivity index (χ3v) is 5.23. The number of amides is 2. The van der Waals surface area contributed by atoms with Gasteiger partial charge in [0, 0.05) is 19.0 Å². The molecule has 0 radical (unpaired) electrons. The molecule has 28 heavy (non-hydrogen) atoms. The first-order chi connectivity index (χ1) is 13.5. The summed E-state index contributed by atoms with van der Waals surface area (Å²) in [7, 11) is 0. The number of carbonyl (C=O) groups excluding carboxylic acids is 2. The number of nitrogens with two attached hydrogens (primary N) is 1. The predicted molar refractivity (Wildman–Crippen MR) is 109 cm³/mol. The van der Waals surface area contributed by atoms with Gasteiger partial charge in [-0.2, -0.15) is 5.10 Å². The summed E-state index contributed by atoms with van der Waals surface area (Å²) in [5.41, 5.74) is 9.03. The normalized spacial score (nSPS) is 18.7. The smallest absolute Gasteiger partial charge is 0.270 e. The van der Waals surface area contributed by atoms with Crippen molar-refractivity contribution in [3.63, 3.8) is 0 Å². The van der Waals surface area contributed by atoms with Gasteiger partial charge in [0.15, 0.2) is 0 Å². The molecule has 6 heteroatoms. The zero-order valence-electron chi connectivity index (χ0n) is 15.9. The highest BCUT2D eigenvalue weighted by Gasteiger charge is 2.40. The summed E-state index contributed by atoms with van der Waals surface area (Å²) in [6.07, 6.45) is 2.25.